The number of para-hydroxylation sites is 1. The Morgan fingerprint density at radius 3 is 2.60 bits per heavy atom. The summed E-state index contributed by atoms with van der Waals surface area (Å²) >= 11 is 5.96. The third-order valence-corrected chi connectivity index (χ3v) is 3.58. The highest BCUT2D eigenvalue weighted by Gasteiger charge is 2.33. The fraction of sp³-hybridized carbons (Fsp3) is 0.125. The van der Waals surface area contributed by atoms with E-state index in [4.69, 9.17) is 11.6 Å². The van der Waals surface area contributed by atoms with Crippen LogP contribution in [0.4, 0.5) is 18.9 Å². The number of nitrogens with zero attached hydrogens (tertiary/aromatic N) is 1. The minimum Gasteiger partial charge on any atom is -0.405 e. The SMILES string of the molecule is O=C1Nc2ccc(Cl)cc2C(c2ccccc2OC(F)(F)F)=N[C@@H]1O. The van der Waals surface area contributed by atoms with Gasteiger partial charge in [-0.1, -0.05) is 23.7 Å². The Hall–Kier alpha value is -2.58. The van der Waals surface area contributed by atoms with Crippen LogP contribution < -0.4 is 10.1 Å². The zero-order valence-corrected chi connectivity index (χ0v) is 13.1. The molecule has 0 radical (unpaired) electrons. The molecule has 5 nitrogen and oxygen atoms in total. The van der Waals surface area contributed by atoms with Gasteiger partial charge in [0.2, 0.25) is 6.23 Å². The van der Waals surface area contributed by atoms with Crippen LogP contribution in [0.1, 0.15) is 11.1 Å². The molecule has 0 unspecified atom stereocenters. The number of hydrogen-bond donors (Lipinski definition) is 2. The third kappa shape index (κ3) is 3.75. The molecular formula is C16H10ClF3N2O3. The Balaban J connectivity index is 2.21. The second-order valence-electron chi connectivity index (χ2n) is 5.07. The Labute approximate surface area is 144 Å². The summed E-state index contributed by atoms with van der Waals surface area (Å²) in [6.07, 6.45) is -6.70. The number of anilines is 1. The molecule has 0 aromatic heterocycles. The lowest BCUT2D eigenvalue weighted by Crippen LogP contribution is -2.24. The molecule has 1 atom stereocenters. The molecule has 0 fully saturated rings. The van der Waals surface area contributed by atoms with Gasteiger partial charge in [-0.3, -0.25) is 4.79 Å². The molecule has 1 heterocycles. The van der Waals surface area contributed by atoms with E-state index in [9.17, 15) is 23.1 Å². The standard InChI is InChI=1S/C16H10ClF3N2O3/c17-8-5-6-11-10(7-8)13(22-15(24)14(23)21-11)9-3-1-2-4-12(9)25-16(18,19)20/h1-7,15,24H,(H,21,23)/t15-/m1/s1. The van der Waals surface area contributed by atoms with Crippen molar-refractivity contribution in [2.24, 2.45) is 4.99 Å². The molecule has 2 aromatic carbocycles. The van der Waals surface area contributed by atoms with Crippen LogP contribution in [0, 0.1) is 0 Å². The Bertz CT molecular complexity index is 868. The van der Waals surface area contributed by atoms with E-state index in [1.165, 1.54) is 36.4 Å². The first-order chi connectivity index (χ1) is 11.7. The van der Waals surface area contributed by atoms with Crippen LogP contribution in [0.15, 0.2) is 47.5 Å². The number of halogens is 4. The van der Waals surface area contributed by atoms with Crippen molar-refractivity contribution < 1.29 is 27.8 Å². The van der Waals surface area contributed by atoms with Crippen LogP contribution in [0.5, 0.6) is 5.75 Å². The smallest absolute Gasteiger partial charge is 0.405 e. The average Bonchev–Trinajstić information content (AvgIpc) is 2.64. The maximum absolute atomic E-state index is 12.7. The maximum Gasteiger partial charge on any atom is 0.573 e. The normalized spacial score (nSPS) is 17.2. The molecule has 2 aromatic rings. The Morgan fingerprint density at radius 2 is 1.88 bits per heavy atom. The third-order valence-electron chi connectivity index (χ3n) is 3.35. The van der Waals surface area contributed by atoms with Crippen molar-refractivity contribution in [1.82, 2.24) is 0 Å². The van der Waals surface area contributed by atoms with Gasteiger partial charge in [-0.25, -0.2) is 4.99 Å². The molecule has 0 saturated heterocycles. The molecule has 130 valence electrons. The first-order valence-electron chi connectivity index (χ1n) is 6.96. The monoisotopic (exact) mass is 370 g/mol. The minimum absolute atomic E-state index is 0.0427. The number of amides is 1. The van der Waals surface area contributed by atoms with E-state index in [0.717, 1.165) is 6.07 Å². The summed E-state index contributed by atoms with van der Waals surface area (Å²) in [6, 6.07) is 9.69. The number of aliphatic imine (C=N–C) groups is 1. The van der Waals surface area contributed by atoms with Crippen LogP contribution in [0.3, 0.4) is 0 Å². The zero-order chi connectivity index (χ0) is 18.2. The van der Waals surface area contributed by atoms with E-state index in [1.807, 2.05) is 0 Å². The quantitative estimate of drug-likeness (QED) is 0.851. The summed E-state index contributed by atoms with van der Waals surface area (Å²) in [7, 11) is 0. The lowest BCUT2D eigenvalue weighted by Gasteiger charge is -2.15. The highest BCUT2D eigenvalue weighted by molar-refractivity contribution is 6.32. The fourth-order valence-electron chi connectivity index (χ4n) is 2.36. The van der Waals surface area contributed by atoms with Crippen molar-refractivity contribution in [1.29, 1.82) is 0 Å². The lowest BCUT2D eigenvalue weighted by molar-refractivity contribution is -0.274. The van der Waals surface area contributed by atoms with Crippen molar-refractivity contribution >= 4 is 28.9 Å². The summed E-state index contributed by atoms with van der Waals surface area (Å²) in [4.78, 5) is 15.7. The van der Waals surface area contributed by atoms with Gasteiger partial charge in [-0.15, -0.1) is 13.2 Å². The van der Waals surface area contributed by atoms with Crippen LogP contribution in [-0.4, -0.2) is 29.3 Å². The van der Waals surface area contributed by atoms with Gasteiger partial charge in [-0.05, 0) is 30.3 Å². The van der Waals surface area contributed by atoms with E-state index in [2.05, 4.69) is 15.0 Å². The number of aliphatic hydroxyl groups is 1. The summed E-state index contributed by atoms with van der Waals surface area (Å²) in [5, 5.41) is 12.6. The molecule has 3 rings (SSSR count). The zero-order valence-electron chi connectivity index (χ0n) is 12.3. The number of aliphatic hydroxyl groups excluding tert-OH is 1. The second-order valence-corrected chi connectivity index (χ2v) is 5.51. The number of rotatable bonds is 2. The molecule has 1 aliphatic heterocycles. The largest absolute Gasteiger partial charge is 0.573 e. The number of carbonyl (C=O) groups excluding carboxylic acids is 1. The van der Waals surface area contributed by atoms with Crippen LogP contribution >= 0.6 is 11.6 Å². The second kappa shape index (κ2) is 6.38. The van der Waals surface area contributed by atoms with Gasteiger partial charge >= 0.3 is 6.36 Å². The summed E-state index contributed by atoms with van der Waals surface area (Å²) < 4.78 is 42.0. The number of fused-ring (bicyclic) bond motifs is 1. The van der Waals surface area contributed by atoms with Gasteiger partial charge in [0.25, 0.3) is 5.91 Å². The number of benzene rings is 2. The van der Waals surface area contributed by atoms with Gasteiger partial charge in [0, 0.05) is 16.1 Å². The average molecular weight is 371 g/mol. The van der Waals surface area contributed by atoms with Crippen molar-refractivity contribution in [3.63, 3.8) is 0 Å². The van der Waals surface area contributed by atoms with E-state index in [-0.39, 0.29) is 27.5 Å². The van der Waals surface area contributed by atoms with Crippen molar-refractivity contribution in [3.8, 4) is 5.75 Å². The fourth-order valence-corrected chi connectivity index (χ4v) is 2.53. The van der Waals surface area contributed by atoms with Gasteiger partial charge in [0.15, 0.2) is 0 Å². The number of ether oxygens (including phenoxy) is 1. The van der Waals surface area contributed by atoms with Gasteiger partial charge in [-0.2, -0.15) is 0 Å². The van der Waals surface area contributed by atoms with Crippen LogP contribution in [-0.2, 0) is 4.79 Å². The maximum atomic E-state index is 12.7. The molecule has 2 N–H and O–H groups in total. The first kappa shape index (κ1) is 17.2. The first-order valence-corrected chi connectivity index (χ1v) is 7.34. The number of carbonyl (C=O) groups is 1. The topological polar surface area (TPSA) is 70.9 Å². The highest BCUT2D eigenvalue weighted by Crippen LogP contribution is 2.32. The number of hydrogen-bond acceptors (Lipinski definition) is 4. The Morgan fingerprint density at radius 1 is 1.16 bits per heavy atom. The summed E-state index contributed by atoms with van der Waals surface area (Å²) in [5.41, 5.74) is 0.421. The van der Waals surface area contributed by atoms with Crippen LogP contribution in [0.25, 0.3) is 0 Å². The predicted molar refractivity (Wildman–Crippen MR) is 84.9 cm³/mol. The van der Waals surface area contributed by atoms with E-state index in [0.29, 0.717) is 0 Å². The summed E-state index contributed by atoms with van der Waals surface area (Å²) in [5.74, 6) is -1.32. The molecule has 0 saturated carbocycles. The Kier molecular flexibility index (Phi) is 4.40. The van der Waals surface area contributed by atoms with E-state index < -0.39 is 24.2 Å². The van der Waals surface area contributed by atoms with Gasteiger partial charge in [0.05, 0.1) is 11.4 Å². The molecule has 25 heavy (non-hydrogen) atoms. The molecule has 9 heteroatoms. The van der Waals surface area contributed by atoms with E-state index in [1.54, 1.807) is 0 Å². The molecular weight excluding hydrogens is 361 g/mol. The highest BCUT2D eigenvalue weighted by atomic mass is 35.5. The number of alkyl halides is 3. The van der Waals surface area contributed by atoms with Crippen molar-refractivity contribution in [3.05, 3.63) is 58.6 Å². The number of benzodiazepines with no additional fused rings is 1. The van der Waals surface area contributed by atoms with Gasteiger partial charge < -0.3 is 15.2 Å². The molecule has 0 bridgehead atoms. The molecule has 1 amide bonds. The minimum atomic E-state index is -4.91. The molecule has 1 aliphatic rings. The lowest BCUT2D eigenvalue weighted by atomic mass is 10.00. The van der Waals surface area contributed by atoms with Crippen molar-refractivity contribution in [2.75, 3.05) is 5.32 Å². The van der Waals surface area contributed by atoms with Crippen LogP contribution in [0.2, 0.25) is 5.02 Å². The molecule has 0 aliphatic carbocycles. The molecule has 0 spiro atoms. The van der Waals surface area contributed by atoms with Gasteiger partial charge in [0.1, 0.15) is 5.75 Å². The summed E-state index contributed by atoms with van der Waals surface area (Å²) in [6.45, 7) is 0. The van der Waals surface area contributed by atoms with E-state index >= 15 is 0 Å². The number of nitrogens with one attached hydrogen (secondary N) is 1. The van der Waals surface area contributed by atoms with Crippen molar-refractivity contribution in [2.45, 2.75) is 12.6 Å². The predicted octanol–water partition coefficient (Wildman–Crippen LogP) is 3.35.